The van der Waals surface area contributed by atoms with Crippen LogP contribution in [0.5, 0.6) is 0 Å². The Morgan fingerprint density at radius 2 is 2.11 bits per heavy atom. The van der Waals surface area contributed by atoms with Crippen LogP contribution >= 0.6 is 11.8 Å². The molecule has 2 rings (SSSR count). The fraction of sp³-hybridized carbons (Fsp3) is 0.533. The van der Waals surface area contributed by atoms with Gasteiger partial charge >= 0.3 is 0 Å². The van der Waals surface area contributed by atoms with Crippen LogP contribution in [-0.4, -0.2) is 24.0 Å². The molecule has 1 atom stereocenters. The molecule has 104 valence electrons. The van der Waals surface area contributed by atoms with E-state index in [-0.39, 0.29) is 5.91 Å². The monoisotopic (exact) mass is 278 g/mol. The molecule has 0 bridgehead atoms. The molecule has 1 amide bonds. The summed E-state index contributed by atoms with van der Waals surface area (Å²) in [6.07, 6.45) is 1.22. The lowest BCUT2D eigenvalue weighted by atomic mass is 9.83. The van der Waals surface area contributed by atoms with Gasteiger partial charge in [-0.2, -0.15) is 11.8 Å². The molecule has 1 aromatic carbocycles. The van der Waals surface area contributed by atoms with Crippen LogP contribution < -0.4 is 11.1 Å². The molecule has 3 nitrogen and oxygen atoms in total. The van der Waals surface area contributed by atoms with Gasteiger partial charge in [0.25, 0.3) is 0 Å². The zero-order valence-electron chi connectivity index (χ0n) is 11.6. The second-order valence-electron chi connectivity index (χ2n) is 5.69. The SMILES string of the molecule is CC(C)(C(=O)NCC1CCSC1)c1ccc(N)cc1. The topological polar surface area (TPSA) is 55.1 Å². The molecule has 1 aromatic rings. The van der Waals surface area contributed by atoms with E-state index in [0.29, 0.717) is 5.92 Å². The molecule has 3 N–H and O–H groups in total. The number of hydrogen-bond acceptors (Lipinski definition) is 3. The van der Waals surface area contributed by atoms with E-state index < -0.39 is 5.41 Å². The van der Waals surface area contributed by atoms with Gasteiger partial charge in [0.15, 0.2) is 0 Å². The van der Waals surface area contributed by atoms with E-state index in [1.165, 1.54) is 17.9 Å². The lowest BCUT2D eigenvalue weighted by Crippen LogP contribution is -2.42. The summed E-state index contributed by atoms with van der Waals surface area (Å²) in [5.41, 5.74) is 6.90. The largest absolute Gasteiger partial charge is 0.399 e. The highest BCUT2D eigenvalue weighted by Gasteiger charge is 2.30. The third-order valence-corrected chi connectivity index (χ3v) is 5.01. The minimum Gasteiger partial charge on any atom is -0.399 e. The molecule has 19 heavy (non-hydrogen) atoms. The second-order valence-corrected chi connectivity index (χ2v) is 6.84. The van der Waals surface area contributed by atoms with Gasteiger partial charge in [-0.1, -0.05) is 12.1 Å². The number of nitrogen functional groups attached to an aromatic ring is 1. The third-order valence-electron chi connectivity index (χ3n) is 3.78. The number of nitrogens with two attached hydrogens (primary N) is 1. The Morgan fingerprint density at radius 3 is 2.68 bits per heavy atom. The highest BCUT2D eigenvalue weighted by Crippen LogP contribution is 2.26. The molecule has 0 spiro atoms. The van der Waals surface area contributed by atoms with Gasteiger partial charge in [0, 0.05) is 12.2 Å². The summed E-state index contributed by atoms with van der Waals surface area (Å²) in [4.78, 5) is 12.4. The minimum atomic E-state index is -0.514. The van der Waals surface area contributed by atoms with Crippen molar-refractivity contribution in [1.29, 1.82) is 0 Å². The molecule has 0 aromatic heterocycles. The summed E-state index contributed by atoms with van der Waals surface area (Å²) in [6, 6.07) is 7.55. The first-order valence-electron chi connectivity index (χ1n) is 6.72. The van der Waals surface area contributed by atoms with Crippen molar-refractivity contribution in [3.05, 3.63) is 29.8 Å². The molecule has 1 unspecified atom stereocenters. The van der Waals surface area contributed by atoms with E-state index in [0.717, 1.165) is 17.8 Å². The maximum Gasteiger partial charge on any atom is 0.230 e. The normalized spacial score (nSPS) is 19.4. The zero-order valence-corrected chi connectivity index (χ0v) is 12.4. The van der Waals surface area contributed by atoms with Gasteiger partial charge < -0.3 is 11.1 Å². The summed E-state index contributed by atoms with van der Waals surface area (Å²) in [5.74, 6) is 3.12. The predicted octanol–water partition coefficient (Wildman–Crippen LogP) is 2.42. The molecule has 1 aliphatic heterocycles. The Bertz CT molecular complexity index is 436. The van der Waals surface area contributed by atoms with Crippen LogP contribution in [0.4, 0.5) is 5.69 Å². The second kappa shape index (κ2) is 5.87. The van der Waals surface area contributed by atoms with Crippen molar-refractivity contribution in [3.8, 4) is 0 Å². The van der Waals surface area contributed by atoms with Crippen molar-refractivity contribution in [2.24, 2.45) is 5.92 Å². The van der Waals surface area contributed by atoms with Gasteiger partial charge in [0.2, 0.25) is 5.91 Å². The molecule has 0 saturated carbocycles. The van der Waals surface area contributed by atoms with Crippen molar-refractivity contribution >= 4 is 23.4 Å². The first-order valence-corrected chi connectivity index (χ1v) is 7.87. The van der Waals surface area contributed by atoms with Crippen molar-refractivity contribution in [1.82, 2.24) is 5.32 Å². The number of carbonyl (C=O) groups excluding carboxylic acids is 1. The van der Waals surface area contributed by atoms with Crippen molar-refractivity contribution in [3.63, 3.8) is 0 Å². The first kappa shape index (κ1) is 14.3. The standard InChI is InChI=1S/C15H22N2OS/c1-15(2,12-3-5-13(16)6-4-12)14(18)17-9-11-7-8-19-10-11/h3-6,11H,7-10,16H2,1-2H3,(H,17,18). The Morgan fingerprint density at radius 1 is 1.42 bits per heavy atom. The Hall–Kier alpha value is -1.16. The van der Waals surface area contributed by atoms with Crippen molar-refractivity contribution in [2.75, 3.05) is 23.8 Å². The summed E-state index contributed by atoms with van der Waals surface area (Å²) >= 11 is 1.97. The zero-order chi connectivity index (χ0) is 13.9. The number of anilines is 1. The molecule has 1 saturated heterocycles. The van der Waals surface area contributed by atoms with E-state index in [2.05, 4.69) is 5.32 Å². The van der Waals surface area contributed by atoms with Gasteiger partial charge in [0.1, 0.15) is 0 Å². The van der Waals surface area contributed by atoms with E-state index in [1.54, 1.807) is 0 Å². The van der Waals surface area contributed by atoms with Crippen LogP contribution in [-0.2, 0) is 10.2 Å². The lowest BCUT2D eigenvalue weighted by molar-refractivity contribution is -0.125. The maximum absolute atomic E-state index is 12.4. The van der Waals surface area contributed by atoms with Crippen LogP contribution in [0.25, 0.3) is 0 Å². The van der Waals surface area contributed by atoms with Gasteiger partial charge in [0.05, 0.1) is 5.41 Å². The van der Waals surface area contributed by atoms with Gasteiger partial charge in [-0.05, 0) is 55.4 Å². The highest BCUT2D eigenvalue weighted by atomic mass is 32.2. The average molecular weight is 278 g/mol. The summed E-state index contributed by atoms with van der Waals surface area (Å²) in [5, 5.41) is 3.09. The number of hydrogen-bond donors (Lipinski definition) is 2. The van der Waals surface area contributed by atoms with Crippen molar-refractivity contribution < 1.29 is 4.79 Å². The fourth-order valence-corrected chi connectivity index (χ4v) is 3.52. The van der Waals surface area contributed by atoms with Crippen LogP contribution in [0.2, 0.25) is 0 Å². The Kier molecular flexibility index (Phi) is 4.40. The molecule has 0 aliphatic carbocycles. The Balaban J connectivity index is 1.97. The molecule has 0 radical (unpaired) electrons. The number of carbonyl (C=O) groups is 1. The predicted molar refractivity (Wildman–Crippen MR) is 82.3 cm³/mol. The third kappa shape index (κ3) is 3.44. The smallest absolute Gasteiger partial charge is 0.230 e. The fourth-order valence-electron chi connectivity index (χ4n) is 2.23. The van der Waals surface area contributed by atoms with E-state index in [4.69, 9.17) is 5.73 Å². The van der Waals surface area contributed by atoms with Crippen LogP contribution in [0.1, 0.15) is 25.8 Å². The number of benzene rings is 1. The quantitative estimate of drug-likeness (QED) is 0.832. The molecular weight excluding hydrogens is 256 g/mol. The van der Waals surface area contributed by atoms with E-state index >= 15 is 0 Å². The maximum atomic E-state index is 12.4. The van der Waals surface area contributed by atoms with Crippen molar-refractivity contribution in [2.45, 2.75) is 25.7 Å². The number of nitrogens with one attached hydrogen (secondary N) is 1. The molecule has 1 fully saturated rings. The van der Waals surface area contributed by atoms with Crippen LogP contribution in [0.15, 0.2) is 24.3 Å². The Labute approximate surface area is 119 Å². The number of amides is 1. The average Bonchev–Trinajstić information content (AvgIpc) is 2.89. The number of thioether (sulfide) groups is 1. The lowest BCUT2D eigenvalue weighted by Gasteiger charge is -2.25. The van der Waals surface area contributed by atoms with Gasteiger partial charge in [-0.15, -0.1) is 0 Å². The van der Waals surface area contributed by atoms with Crippen LogP contribution in [0, 0.1) is 5.92 Å². The molecular formula is C15H22N2OS. The highest BCUT2D eigenvalue weighted by molar-refractivity contribution is 7.99. The summed E-state index contributed by atoms with van der Waals surface area (Å²) < 4.78 is 0. The first-order chi connectivity index (χ1) is 9.00. The van der Waals surface area contributed by atoms with Gasteiger partial charge in [-0.3, -0.25) is 4.79 Å². The van der Waals surface area contributed by atoms with E-state index in [9.17, 15) is 4.79 Å². The van der Waals surface area contributed by atoms with E-state index in [1.807, 2.05) is 49.9 Å². The van der Waals surface area contributed by atoms with Crippen LogP contribution in [0.3, 0.4) is 0 Å². The summed E-state index contributed by atoms with van der Waals surface area (Å²) in [7, 11) is 0. The number of rotatable bonds is 4. The summed E-state index contributed by atoms with van der Waals surface area (Å²) in [6.45, 7) is 4.71. The molecule has 1 aliphatic rings. The minimum absolute atomic E-state index is 0.0918. The molecule has 1 heterocycles. The molecule has 4 heteroatoms. The van der Waals surface area contributed by atoms with Gasteiger partial charge in [-0.25, -0.2) is 0 Å².